The molecule has 1 aliphatic heterocycles. The molecule has 0 radical (unpaired) electrons. The molecule has 2 aromatic rings. The van der Waals surface area contributed by atoms with Crippen LogP contribution in [0.15, 0.2) is 66.7 Å². The number of hydrogen-bond acceptors (Lipinski definition) is 2. The molecule has 0 bridgehead atoms. The fourth-order valence-electron chi connectivity index (χ4n) is 2.67. The van der Waals surface area contributed by atoms with Crippen molar-refractivity contribution in [2.45, 2.75) is 13.0 Å². The Hall–Kier alpha value is -2.88. The molecule has 1 aliphatic rings. The minimum Gasteiger partial charge on any atom is -0.282 e. The van der Waals surface area contributed by atoms with Gasteiger partial charge in [-0.15, -0.1) is 0 Å². The van der Waals surface area contributed by atoms with Crippen LogP contribution in [0, 0.1) is 0 Å². The van der Waals surface area contributed by atoms with Crippen molar-refractivity contribution < 1.29 is 9.59 Å². The second-order valence-electron chi connectivity index (χ2n) is 5.43. The number of benzene rings is 2. The first kappa shape index (κ1) is 15.0. The van der Waals surface area contributed by atoms with Gasteiger partial charge in [-0.1, -0.05) is 60.7 Å². The van der Waals surface area contributed by atoms with E-state index in [0.29, 0.717) is 0 Å². The topological polar surface area (TPSA) is 40.6 Å². The van der Waals surface area contributed by atoms with E-state index in [4.69, 9.17) is 0 Å². The molecule has 1 unspecified atom stereocenters. The Morgan fingerprint density at radius 1 is 0.957 bits per heavy atom. The number of carbonyl (C=O) groups excluding carboxylic acids is 2. The van der Waals surface area contributed by atoms with Crippen LogP contribution in [0.1, 0.15) is 12.5 Å². The predicted molar refractivity (Wildman–Crippen MR) is 91.0 cm³/mol. The van der Waals surface area contributed by atoms with Gasteiger partial charge in [0.2, 0.25) is 0 Å². The van der Waals surface area contributed by atoms with E-state index < -0.39 is 6.04 Å². The lowest BCUT2D eigenvalue weighted by molar-refractivity contribution is -0.126. The number of imide groups is 1. The molecule has 116 valence electrons. The number of amides is 3. The lowest BCUT2D eigenvalue weighted by Crippen LogP contribution is -2.33. The summed E-state index contributed by atoms with van der Waals surface area (Å²) in [5.41, 5.74) is 1.78. The summed E-state index contributed by atoms with van der Waals surface area (Å²) in [5, 5.41) is 0. The number of anilines is 1. The van der Waals surface area contributed by atoms with E-state index in [-0.39, 0.29) is 18.5 Å². The third-order valence-corrected chi connectivity index (χ3v) is 3.88. The van der Waals surface area contributed by atoms with E-state index in [9.17, 15) is 9.59 Å². The number of rotatable bonds is 4. The van der Waals surface area contributed by atoms with Gasteiger partial charge >= 0.3 is 6.03 Å². The molecule has 0 aliphatic carbocycles. The number of para-hydroxylation sites is 1. The van der Waals surface area contributed by atoms with Crippen molar-refractivity contribution in [3.05, 3.63) is 72.3 Å². The molecule has 1 heterocycles. The van der Waals surface area contributed by atoms with Crippen molar-refractivity contribution in [3.8, 4) is 0 Å². The number of nitrogens with zero attached hydrogens (tertiary/aromatic N) is 2. The van der Waals surface area contributed by atoms with Gasteiger partial charge in [-0.25, -0.2) is 4.79 Å². The smallest absolute Gasteiger partial charge is 0.282 e. The Morgan fingerprint density at radius 3 is 2.22 bits per heavy atom. The fraction of sp³-hybridized carbons (Fsp3) is 0.158. The van der Waals surface area contributed by atoms with Crippen LogP contribution in [0.3, 0.4) is 0 Å². The standard InChI is InChI=1S/C19H18N2O2/c1-15-18(22)20(14-8-11-16-9-4-2-5-10-16)19(23)21(15)17-12-6-3-7-13-17/h2-13,15H,14H2,1H3/b11-8+. The summed E-state index contributed by atoms with van der Waals surface area (Å²) >= 11 is 0. The highest BCUT2D eigenvalue weighted by molar-refractivity contribution is 6.14. The van der Waals surface area contributed by atoms with Crippen molar-refractivity contribution in [2.75, 3.05) is 11.4 Å². The summed E-state index contributed by atoms with van der Waals surface area (Å²) in [7, 11) is 0. The van der Waals surface area contributed by atoms with Crippen molar-refractivity contribution in [1.29, 1.82) is 0 Å². The summed E-state index contributed by atoms with van der Waals surface area (Å²) in [6.45, 7) is 2.04. The Bertz CT molecular complexity index is 726. The molecule has 0 N–H and O–H groups in total. The second-order valence-corrected chi connectivity index (χ2v) is 5.43. The van der Waals surface area contributed by atoms with E-state index >= 15 is 0 Å². The minimum absolute atomic E-state index is 0.170. The van der Waals surface area contributed by atoms with Crippen LogP contribution in [0.5, 0.6) is 0 Å². The molecule has 0 aromatic heterocycles. The molecule has 1 saturated heterocycles. The molecular formula is C19H18N2O2. The largest absolute Gasteiger partial charge is 0.332 e. The maximum Gasteiger partial charge on any atom is 0.332 e. The first-order valence-electron chi connectivity index (χ1n) is 7.59. The zero-order valence-corrected chi connectivity index (χ0v) is 12.9. The van der Waals surface area contributed by atoms with Crippen LogP contribution in [0.4, 0.5) is 10.5 Å². The zero-order valence-electron chi connectivity index (χ0n) is 12.9. The first-order chi connectivity index (χ1) is 11.2. The van der Waals surface area contributed by atoms with Gasteiger partial charge in [0.1, 0.15) is 6.04 Å². The van der Waals surface area contributed by atoms with Crippen molar-refractivity contribution in [1.82, 2.24) is 4.90 Å². The quantitative estimate of drug-likeness (QED) is 0.810. The van der Waals surface area contributed by atoms with Gasteiger partial charge in [-0.3, -0.25) is 14.6 Å². The average Bonchev–Trinajstić information content (AvgIpc) is 2.80. The summed E-state index contributed by atoms with van der Waals surface area (Å²) in [5.74, 6) is -0.170. The van der Waals surface area contributed by atoms with Gasteiger partial charge in [0.25, 0.3) is 5.91 Å². The zero-order chi connectivity index (χ0) is 16.2. The number of carbonyl (C=O) groups is 2. The van der Waals surface area contributed by atoms with Crippen LogP contribution in [0.25, 0.3) is 6.08 Å². The molecule has 3 rings (SSSR count). The van der Waals surface area contributed by atoms with Crippen LogP contribution >= 0.6 is 0 Å². The molecular weight excluding hydrogens is 288 g/mol. The van der Waals surface area contributed by atoms with Crippen LogP contribution < -0.4 is 4.90 Å². The first-order valence-corrected chi connectivity index (χ1v) is 7.59. The van der Waals surface area contributed by atoms with Crippen molar-refractivity contribution >= 4 is 23.7 Å². The fourth-order valence-corrected chi connectivity index (χ4v) is 2.67. The highest BCUT2D eigenvalue weighted by atomic mass is 16.2. The molecule has 1 fully saturated rings. The van der Waals surface area contributed by atoms with Gasteiger partial charge < -0.3 is 0 Å². The van der Waals surface area contributed by atoms with E-state index in [1.807, 2.05) is 72.8 Å². The van der Waals surface area contributed by atoms with E-state index in [2.05, 4.69) is 0 Å². The molecule has 4 heteroatoms. The maximum absolute atomic E-state index is 12.6. The maximum atomic E-state index is 12.6. The summed E-state index contributed by atoms with van der Waals surface area (Å²) in [4.78, 5) is 27.8. The highest BCUT2D eigenvalue weighted by Gasteiger charge is 2.42. The normalized spacial score (nSPS) is 18.2. The van der Waals surface area contributed by atoms with E-state index in [1.54, 1.807) is 11.8 Å². The highest BCUT2D eigenvalue weighted by Crippen LogP contribution is 2.25. The number of urea groups is 1. The Labute approximate surface area is 135 Å². The third kappa shape index (κ3) is 3.01. The van der Waals surface area contributed by atoms with E-state index in [1.165, 1.54) is 4.90 Å². The summed E-state index contributed by atoms with van der Waals surface area (Å²) in [6.07, 6.45) is 3.75. The monoisotopic (exact) mass is 306 g/mol. The van der Waals surface area contributed by atoms with Gasteiger partial charge in [0.05, 0.1) is 0 Å². The predicted octanol–water partition coefficient (Wildman–Crippen LogP) is 3.56. The lowest BCUT2D eigenvalue weighted by Gasteiger charge is -2.18. The molecule has 23 heavy (non-hydrogen) atoms. The minimum atomic E-state index is -0.477. The Balaban J connectivity index is 1.75. The van der Waals surface area contributed by atoms with E-state index in [0.717, 1.165) is 11.3 Å². The molecule has 3 amide bonds. The number of hydrogen-bond donors (Lipinski definition) is 0. The van der Waals surface area contributed by atoms with Gasteiger partial charge in [0.15, 0.2) is 0 Å². The Kier molecular flexibility index (Phi) is 4.24. The molecule has 4 nitrogen and oxygen atoms in total. The van der Waals surface area contributed by atoms with Crippen molar-refractivity contribution in [3.63, 3.8) is 0 Å². The van der Waals surface area contributed by atoms with Gasteiger partial charge in [-0.2, -0.15) is 0 Å². The summed E-state index contributed by atoms with van der Waals surface area (Å²) in [6, 6.07) is 18.3. The van der Waals surface area contributed by atoms with Crippen LogP contribution in [-0.4, -0.2) is 29.4 Å². The summed E-state index contributed by atoms with van der Waals surface area (Å²) < 4.78 is 0. The molecule has 1 atom stereocenters. The van der Waals surface area contributed by atoms with Crippen molar-refractivity contribution in [2.24, 2.45) is 0 Å². The SMILES string of the molecule is CC1C(=O)N(C/C=C/c2ccccc2)C(=O)N1c1ccccc1. The average molecular weight is 306 g/mol. The molecule has 0 saturated carbocycles. The van der Waals surface area contributed by atoms with Gasteiger partial charge in [0, 0.05) is 12.2 Å². The third-order valence-electron chi connectivity index (χ3n) is 3.88. The van der Waals surface area contributed by atoms with Crippen LogP contribution in [-0.2, 0) is 4.79 Å². The lowest BCUT2D eigenvalue weighted by atomic mass is 10.2. The second kappa shape index (κ2) is 6.48. The molecule has 0 spiro atoms. The van der Waals surface area contributed by atoms with Crippen LogP contribution in [0.2, 0.25) is 0 Å². The van der Waals surface area contributed by atoms with Gasteiger partial charge in [-0.05, 0) is 24.6 Å². The Morgan fingerprint density at radius 2 is 1.57 bits per heavy atom. The molecule has 2 aromatic carbocycles.